The summed E-state index contributed by atoms with van der Waals surface area (Å²) in [6.45, 7) is 4.79. The van der Waals surface area contributed by atoms with Crippen LogP contribution in [0.15, 0.2) is 71.3 Å². The van der Waals surface area contributed by atoms with Crippen LogP contribution in [-0.2, 0) is 14.9 Å². The van der Waals surface area contributed by atoms with Crippen molar-refractivity contribution >= 4 is 22.5 Å². The topological polar surface area (TPSA) is 121 Å². The lowest BCUT2D eigenvalue weighted by molar-refractivity contribution is -0.119. The number of nitrogens with zero attached hydrogens (tertiary/aromatic N) is 4. The minimum absolute atomic E-state index is 0.0371. The molecule has 0 bridgehead atoms. The second-order valence-electron chi connectivity index (χ2n) is 11.7. The van der Waals surface area contributed by atoms with Crippen LogP contribution in [-0.4, -0.2) is 72.6 Å². The summed E-state index contributed by atoms with van der Waals surface area (Å²) >= 11 is 0. The van der Waals surface area contributed by atoms with Crippen LogP contribution in [0, 0.1) is 11.6 Å². The van der Waals surface area contributed by atoms with Crippen molar-refractivity contribution in [2.75, 3.05) is 51.9 Å². The van der Waals surface area contributed by atoms with Crippen LogP contribution in [0.1, 0.15) is 25.2 Å². The average Bonchev–Trinajstić information content (AvgIpc) is 3.77. The summed E-state index contributed by atoms with van der Waals surface area (Å²) in [6, 6.07) is 15.0. The first kappa shape index (κ1) is 31.5. The van der Waals surface area contributed by atoms with Gasteiger partial charge in [0.25, 0.3) is 0 Å². The first-order valence-electron chi connectivity index (χ1n) is 15.7. The number of ether oxygens (including phenoxy) is 4. The number of morpholine rings is 1. The molecule has 0 radical (unpaired) electrons. The summed E-state index contributed by atoms with van der Waals surface area (Å²) in [4.78, 5) is 20.1. The maximum Gasteiger partial charge on any atom is 0.247 e. The first-order valence-corrected chi connectivity index (χ1v) is 15.7. The Hall–Kier alpha value is -5.14. The third-order valence-corrected chi connectivity index (χ3v) is 8.49. The van der Waals surface area contributed by atoms with Crippen LogP contribution in [0.4, 0.5) is 14.5 Å². The fraction of sp³-hybridized carbons (Fsp3) is 0.314. The van der Waals surface area contributed by atoms with Crippen LogP contribution in [0.3, 0.4) is 0 Å². The number of halogens is 2. The van der Waals surface area contributed by atoms with Crippen LogP contribution in [0.2, 0.25) is 0 Å². The second kappa shape index (κ2) is 13.5. The highest BCUT2D eigenvalue weighted by atomic mass is 19.1. The standard InChI is InChI=1S/C35H33F2N5O6/c1-44-30-20-25-27(21-31(30)46-16-2-13-42-14-17-45-18-15-42)38-12-9-28(25)47-29-8-7-24(19-26(29)37)39-33(43)35(10-11-35)34-41-40-32(48-34)22-3-5-23(36)6-4-22/h3-9,12,19-21H,2,10-11,13-18H2,1H3,(H,39,43). The molecule has 0 atom stereocenters. The van der Waals surface area contributed by atoms with Gasteiger partial charge in [0.05, 0.1) is 32.4 Å². The molecular formula is C35H33F2N5O6. The number of hydrogen-bond acceptors (Lipinski definition) is 10. The maximum atomic E-state index is 15.3. The summed E-state index contributed by atoms with van der Waals surface area (Å²) in [5.41, 5.74) is 0.357. The maximum absolute atomic E-state index is 15.3. The van der Waals surface area contributed by atoms with E-state index in [1.807, 2.05) is 0 Å². The van der Waals surface area contributed by atoms with Gasteiger partial charge in [0.15, 0.2) is 23.1 Å². The van der Waals surface area contributed by atoms with Crippen molar-refractivity contribution in [1.29, 1.82) is 0 Å². The van der Waals surface area contributed by atoms with Gasteiger partial charge >= 0.3 is 0 Å². The average molecular weight is 658 g/mol. The fourth-order valence-corrected chi connectivity index (χ4v) is 5.60. The molecule has 3 aromatic carbocycles. The highest BCUT2D eigenvalue weighted by Gasteiger charge is 2.56. The lowest BCUT2D eigenvalue weighted by atomic mass is 10.1. The molecule has 0 spiro atoms. The Morgan fingerprint density at radius 3 is 2.52 bits per heavy atom. The first-order chi connectivity index (χ1) is 23.4. The van der Waals surface area contributed by atoms with Gasteiger partial charge in [0, 0.05) is 54.6 Å². The number of amides is 1. The van der Waals surface area contributed by atoms with E-state index < -0.39 is 17.1 Å². The summed E-state index contributed by atoms with van der Waals surface area (Å²) < 4.78 is 57.5. The highest BCUT2D eigenvalue weighted by molar-refractivity contribution is 6.00. The lowest BCUT2D eigenvalue weighted by Gasteiger charge is -2.26. The van der Waals surface area contributed by atoms with Crippen LogP contribution < -0.4 is 19.5 Å². The zero-order valence-electron chi connectivity index (χ0n) is 26.2. The Kier molecular flexibility index (Phi) is 8.87. The summed E-state index contributed by atoms with van der Waals surface area (Å²) in [7, 11) is 1.56. The quantitative estimate of drug-likeness (QED) is 0.157. The number of hydrogen-bond donors (Lipinski definition) is 1. The van der Waals surface area contributed by atoms with E-state index in [1.165, 1.54) is 36.4 Å². The number of fused-ring (bicyclic) bond motifs is 1. The molecule has 1 saturated carbocycles. The van der Waals surface area contributed by atoms with Gasteiger partial charge in [-0.25, -0.2) is 8.78 Å². The number of benzene rings is 3. The molecule has 0 unspecified atom stereocenters. The molecule has 1 amide bonds. The number of nitrogens with one attached hydrogen (secondary N) is 1. The number of anilines is 1. The van der Waals surface area contributed by atoms with Crippen LogP contribution in [0.25, 0.3) is 22.4 Å². The molecular weight excluding hydrogens is 624 g/mol. The molecule has 1 aliphatic carbocycles. The molecule has 2 aliphatic rings. The fourth-order valence-electron chi connectivity index (χ4n) is 5.60. The zero-order chi connectivity index (χ0) is 33.1. The van der Waals surface area contributed by atoms with E-state index in [2.05, 4.69) is 25.4 Å². The van der Waals surface area contributed by atoms with Crippen molar-refractivity contribution in [2.45, 2.75) is 24.7 Å². The van der Waals surface area contributed by atoms with Crippen molar-refractivity contribution in [2.24, 2.45) is 0 Å². The SMILES string of the molecule is COc1cc2c(Oc3ccc(NC(=O)C4(c5nnc(-c6ccc(F)cc6)o5)CC4)cc3F)ccnc2cc1OCCCN1CCOCC1. The second-order valence-corrected chi connectivity index (χ2v) is 11.7. The smallest absolute Gasteiger partial charge is 0.247 e. The zero-order valence-corrected chi connectivity index (χ0v) is 26.2. The summed E-state index contributed by atoms with van der Waals surface area (Å²) in [5.74, 6) is 0.279. The molecule has 48 heavy (non-hydrogen) atoms. The number of methoxy groups -OCH3 is 1. The van der Waals surface area contributed by atoms with Gasteiger partial charge in [0.1, 0.15) is 17.0 Å². The van der Waals surface area contributed by atoms with Gasteiger partial charge < -0.3 is 28.7 Å². The van der Waals surface area contributed by atoms with Gasteiger partial charge in [-0.3, -0.25) is 14.7 Å². The Labute approximate surface area is 274 Å². The van der Waals surface area contributed by atoms with Crippen molar-refractivity contribution < 1.29 is 36.9 Å². The largest absolute Gasteiger partial charge is 0.493 e. The van der Waals surface area contributed by atoms with Crippen molar-refractivity contribution in [1.82, 2.24) is 20.1 Å². The molecule has 7 rings (SSSR count). The van der Waals surface area contributed by atoms with Crippen LogP contribution in [0.5, 0.6) is 23.0 Å². The van der Waals surface area contributed by atoms with Gasteiger partial charge in [-0.2, -0.15) is 0 Å². The monoisotopic (exact) mass is 657 g/mol. The minimum atomic E-state index is -1.02. The Balaban J connectivity index is 1.01. The molecule has 5 aromatic rings. The Morgan fingerprint density at radius 1 is 0.958 bits per heavy atom. The third-order valence-electron chi connectivity index (χ3n) is 8.49. The van der Waals surface area contributed by atoms with Crippen molar-refractivity contribution in [3.05, 3.63) is 84.4 Å². The minimum Gasteiger partial charge on any atom is -0.493 e. The molecule has 1 saturated heterocycles. The Bertz CT molecular complexity index is 1930. The third kappa shape index (κ3) is 6.64. The van der Waals surface area contributed by atoms with E-state index in [0.29, 0.717) is 53.2 Å². The molecule has 11 nitrogen and oxygen atoms in total. The van der Waals surface area contributed by atoms with Crippen LogP contribution >= 0.6 is 0 Å². The predicted molar refractivity (Wildman–Crippen MR) is 171 cm³/mol. The highest BCUT2D eigenvalue weighted by Crippen LogP contribution is 2.49. The molecule has 1 N–H and O–H groups in total. The van der Waals surface area contributed by atoms with Crippen molar-refractivity contribution in [3.8, 4) is 34.5 Å². The van der Waals surface area contributed by atoms with Gasteiger partial charge in [-0.1, -0.05) is 0 Å². The van der Waals surface area contributed by atoms with E-state index in [4.69, 9.17) is 23.4 Å². The van der Waals surface area contributed by atoms with Gasteiger partial charge in [-0.05, 0) is 67.8 Å². The van der Waals surface area contributed by atoms with E-state index >= 15 is 4.39 Å². The van der Waals surface area contributed by atoms with E-state index in [0.717, 1.165) is 39.3 Å². The van der Waals surface area contributed by atoms with E-state index in [-0.39, 0.29) is 29.0 Å². The lowest BCUT2D eigenvalue weighted by Crippen LogP contribution is -2.37. The number of aromatic nitrogens is 3. The molecule has 2 fully saturated rings. The van der Waals surface area contributed by atoms with Gasteiger partial charge in [-0.15, -0.1) is 10.2 Å². The predicted octanol–water partition coefficient (Wildman–Crippen LogP) is 6.14. The molecule has 13 heteroatoms. The van der Waals surface area contributed by atoms with Gasteiger partial charge in [0.2, 0.25) is 17.7 Å². The van der Waals surface area contributed by atoms with Crippen molar-refractivity contribution in [3.63, 3.8) is 0 Å². The van der Waals surface area contributed by atoms with E-state index in [1.54, 1.807) is 37.6 Å². The number of carbonyl (C=O) groups is 1. The molecule has 248 valence electrons. The number of pyridine rings is 1. The number of carbonyl (C=O) groups excluding carboxylic acids is 1. The number of rotatable bonds is 12. The Morgan fingerprint density at radius 2 is 1.77 bits per heavy atom. The molecule has 1 aliphatic heterocycles. The summed E-state index contributed by atoms with van der Waals surface area (Å²) in [5, 5.41) is 11.5. The molecule has 2 aromatic heterocycles. The van der Waals surface area contributed by atoms with E-state index in [9.17, 15) is 9.18 Å². The summed E-state index contributed by atoms with van der Waals surface area (Å²) in [6.07, 6.45) is 3.41. The normalized spacial score (nSPS) is 15.6. The molecule has 3 heterocycles.